The van der Waals surface area contributed by atoms with Gasteiger partial charge in [-0.05, 0) is 73.8 Å². The number of halogens is 1. The summed E-state index contributed by atoms with van der Waals surface area (Å²) >= 11 is 6.10. The number of hydrogen-bond acceptors (Lipinski definition) is 6. The normalized spacial score (nSPS) is 24.0. The topological polar surface area (TPSA) is 60.9 Å². The fourth-order valence-corrected chi connectivity index (χ4v) is 5.88. The van der Waals surface area contributed by atoms with Gasteiger partial charge in [-0.25, -0.2) is 0 Å². The zero-order chi connectivity index (χ0) is 25.8. The van der Waals surface area contributed by atoms with Crippen LogP contribution < -0.4 is 0 Å². The number of esters is 1. The Hall–Kier alpha value is -2.93. The number of nitrogens with zero attached hydrogens (tertiary/aromatic N) is 2. The number of hydrogen-bond donors (Lipinski definition) is 0. The van der Waals surface area contributed by atoms with Crippen LogP contribution in [0, 0.1) is 5.92 Å². The minimum Gasteiger partial charge on any atom is -0.497 e. The maximum absolute atomic E-state index is 12.9. The molecule has 194 valence electrons. The van der Waals surface area contributed by atoms with E-state index in [0.29, 0.717) is 24.5 Å². The van der Waals surface area contributed by atoms with Gasteiger partial charge in [-0.2, -0.15) is 0 Å². The van der Waals surface area contributed by atoms with E-state index in [-0.39, 0.29) is 18.0 Å². The quantitative estimate of drug-likeness (QED) is 0.480. The van der Waals surface area contributed by atoms with Crippen molar-refractivity contribution in [1.29, 1.82) is 0 Å². The zero-order valence-corrected chi connectivity index (χ0v) is 22.1. The van der Waals surface area contributed by atoms with Crippen LogP contribution in [0.15, 0.2) is 72.7 Å². The van der Waals surface area contributed by atoms with E-state index in [1.807, 2.05) is 42.6 Å². The molecule has 1 aromatic heterocycles. The Labute approximate surface area is 223 Å². The highest BCUT2D eigenvalue weighted by atomic mass is 35.5. The van der Waals surface area contributed by atoms with Crippen molar-refractivity contribution in [1.82, 2.24) is 9.88 Å². The summed E-state index contributed by atoms with van der Waals surface area (Å²) in [7, 11) is 3.17. The molecular weight excluding hydrogens is 488 g/mol. The Bertz CT molecular complexity index is 1210. The number of allylic oxidation sites excluding steroid dienone is 1. The number of carbonyl (C=O) groups excluding carboxylic acids is 1. The molecule has 0 bridgehead atoms. The van der Waals surface area contributed by atoms with Crippen molar-refractivity contribution in [2.24, 2.45) is 5.92 Å². The maximum Gasteiger partial charge on any atom is 0.316 e. The van der Waals surface area contributed by atoms with Gasteiger partial charge in [-0.3, -0.25) is 9.78 Å². The van der Waals surface area contributed by atoms with Crippen molar-refractivity contribution < 1.29 is 19.0 Å². The minimum absolute atomic E-state index is 0.0469. The summed E-state index contributed by atoms with van der Waals surface area (Å²) in [4.78, 5) is 19.9. The van der Waals surface area contributed by atoms with Crippen LogP contribution in [0.3, 0.4) is 0 Å². The standard InChI is InChI=1S/C30H33ClN2O4/c1-35-23-11-12-28-26(19-23)24(25-5-3-15-32-27(25)20-37-28)6-4-16-33-17-13-30(14-18-33,29(34)36-2)21-7-9-22(31)10-8-21/h3,5-12,15,19,26,28H,4,13-14,16-18,20H2,1-2H3/b24-6+. The first-order valence-corrected chi connectivity index (χ1v) is 13.2. The lowest BCUT2D eigenvalue weighted by molar-refractivity contribution is -0.149. The Morgan fingerprint density at radius 1 is 1.22 bits per heavy atom. The molecule has 1 fully saturated rings. The second-order valence-corrected chi connectivity index (χ2v) is 10.2. The summed E-state index contributed by atoms with van der Waals surface area (Å²) in [5.74, 6) is 0.750. The number of pyridine rings is 1. The van der Waals surface area contributed by atoms with E-state index >= 15 is 0 Å². The predicted octanol–water partition coefficient (Wildman–Crippen LogP) is 5.33. The van der Waals surface area contributed by atoms with Gasteiger partial charge < -0.3 is 19.1 Å². The second-order valence-electron chi connectivity index (χ2n) is 9.80. The number of ether oxygens (including phenoxy) is 3. The Morgan fingerprint density at radius 2 is 2.00 bits per heavy atom. The molecule has 0 N–H and O–H groups in total. The van der Waals surface area contributed by atoms with Crippen LogP contribution in [0.5, 0.6) is 0 Å². The molecule has 2 aliphatic heterocycles. The molecule has 7 heteroatoms. The van der Waals surface area contributed by atoms with Crippen LogP contribution in [-0.4, -0.2) is 55.8 Å². The molecule has 3 aliphatic rings. The van der Waals surface area contributed by atoms with Crippen molar-refractivity contribution in [3.8, 4) is 0 Å². The lowest BCUT2D eigenvalue weighted by Crippen LogP contribution is -2.48. The summed E-state index contributed by atoms with van der Waals surface area (Å²) in [6.45, 7) is 3.04. The average Bonchev–Trinajstić information content (AvgIpc) is 3.10. The van der Waals surface area contributed by atoms with E-state index in [0.717, 1.165) is 48.6 Å². The lowest BCUT2D eigenvalue weighted by Gasteiger charge is -2.40. The third kappa shape index (κ3) is 5.24. The molecule has 0 radical (unpaired) electrons. The molecule has 0 spiro atoms. The third-order valence-corrected chi connectivity index (χ3v) is 8.10. The molecule has 6 nitrogen and oxygen atoms in total. The summed E-state index contributed by atoms with van der Waals surface area (Å²) in [6.07, 6.45) is 12.6. The van der Waals surface area contributed by atoms with Gasteiger partial charge in [0, 0.05) is 29.2 Å². The van der Waals surface area contributed by atoms with Crippen LogP contribution in [0.25, 0.3) is 5.57 Å². The highest BCUT2D eigenvalue weighted by molar-refractivity contribution is 6.30. The number of likely N-dealkylation sites (tertiary alicyclic amines) is 1. The Morgan fingerprint density at radius 3 is 2.73 bits per heavy atom. The Kier molecular flexibility index (Phi) is 7.79. The van der Waals surface area contributed by atoms with E-state index in [4.69, 9.17) is 25.8 Å². The average molecular weight is 521 g/mol. The van der Waals surface area contributed by atoms with E-state index in [2.05, 4.69) is 34.2 Å². The molecule has 2 atom stereocenters. The largest absolute Gasteiger partial charge is 0.497 e. The SMILES string of the molecule is COC(=O)C1(c2ccc(Cl)cc2)CCN(CC/C=C2\c3cccnc3COC3C=CC(OC)=CC23)CC1. The van der Waals surface area contributed by atoms with Crippen LogP contribution >= 0.6 is 11.6 Å². The first kappa shape index (κ1) is 25.7. The van der Waals surface area contributed by atoms with Gasteiger partial charge in [0.1, 0.15) is 5.76 Å². The summed E-state index contributed by atoms with van der Waals surface area (Å²) in [5.41, 5.74) is 3.69. The molecule has 2 unspecified atom stereocenters. The zero-order valence-electron chi connectivity index (χ0n) is 21.4. The van der Waals surface area contributed by atoms with Crippen LogP contribution in [0.1, 0.15) is 36.1 Å². The maximum atomic E-state index is 12.9. The molecule has 1 saturated heterocycles. The molecule has 1 aliphatic carbocycles. The number of benzene rings is 1. The van der Waals surface area contributed by atoms with Gasteiger partial charge in [0.05, 0.1) is 38.0 Å². The van der Waals surface area contributed by atoms with Crippen LogP contribution in [0.4, 0.5) is 0 Å². The third-order valence-electron chi connectivity index (χ3n) is 7.85. The fraction of sp³-hybridized carbons (Fsp3) is 0.400. The first-order valence-electron chi connectivity index (χ1n) is 12.8. The van der Waals surface area contributed by atoms with Gasteiger partial charge >= 0.3 is 5.97 Å². The molecule has 0 saturated carbocycles. The van der Waals surface area contributed by atoms with Gasteiger partial charge in [0.15, 0.2) is 0 Å². The number of aromatic nitrogens is 1. The minimum atomic E-state index is -0.624. The molecule has 0 amide bonds. The monoisotopic (exact) mass is 520 g/mol. The second kappa shape index (κ2) is 11.2. The highest BCUT2D eigenvalue weighted by Gasteiger charge is 2.43. The molecule has 37 heavy (non-hydrogen) atoms. The summed E-state index contributed by atoms with van der Waals surface area (Å²) < 4.78 is 17.0. The molecule has 5 rings (SSSR count). The summed E-state index contributed by atoms with van der Waals surface area (Å²) in [6, 6.07) is 11.7. The number of methoxy groups -OCH3 is 2. The molecule has 2 aromatic rings. The van der Waals surface area contributed by atoms with Gasteiger partial charge in [-0.15, -0.1) is 0 Å². The van der Waals surface area contributed by atoms with E-state index in [1.165, 1.54) is 12.7 Å². The number of carbonyl (C=O) groups is 1. The van der Waals surface area contributed by atoms with Crippen LogP contribution in [-0.2, 0) is 31.0 Å². The predicted molar refractivity (Wildman–Crippen MR) is 144 cm³/mol. The van der Waals surface area contributed by atoms with E-state index < -0.39 is 5.41 Å². The van der Waals surface area contributed by atoms with Gasteiger partial charge in [-0.1, -0.05) is 42.0 Å². The van der Waals surface area contributed by atoms with Crippen molar-refractivity contribution >= 4 is 23.1 Å². The van der Waals surface area contributed by atoms with Crippen LogP contribution in [0.2, 0.25) is 5.02 Å². The van der Waals surface area contributed by atoms with E-state index in [1.54, 1.807) is 7.11 Å². The summed E-state index contributed by atoms with van der Waals surface area (Å²) in [5, 5.41) is 0.665. The molecule has 3 heterocycles. The molecule has 1 aromatic carbocycles. The van der Waals surface area contributed by atoms with Crippen molar-refractivity contribution in [3.63, 3.8) is 0 Å². The van der Waals surface area contributed by atoms with Crippen molar-refractivity contribution in [2.75, 3.05) is 33.9 Å². The lowest BCUT2D eigenvalue weighted by atomic mass is 9.72. The number of rotatable bonds is 6. The number of fused-ring (bicyclic) bond motifs is 2. The molecular formula is C30H33ClN2O4. The van der Waals surface area contributed by atoms with Gasteiger partial charge in [0.25, 0.3) is 0 Å². The van der Waals surface area contributed by atoms with Crippen molar-refractivity contribution in [2.45, 2.75) is 37.4 Å². The van der Waals surface area contributed by atoms with Gasteiger partial charge in [0.2, 0.25) is 0 Å². The Balaban J connectivity index is 1.32. The first-order chi connectivity index (χ1) is 18.0. The smallest absolute Gasteiger partial charge is 0.316 e. The highest BCUT2D eigenvalue weighted by Crippen LogP contribution is 2.39. The fourth-order valence-electron chi connectivity index (χ4n) is 5.75. The van der Waals surface area contributed by atoms with Crippen molar-refractivity contribution in [3.05, 3.63) is 94.5 Å². The van der Waals surface area contributed by atoms with E-state index in [9.17, 15) is 4.79 Å². The number of piperidine rings is 1.